The number of ether oxygens (including phenoxy) is 1. The summed E-state index contributed by atoms with van der Waals surface area (Å²) in [5.41, 5.74) is 6.59. The van der Waals surface area contributed by atoms with Gasteiger partial charge in [-0.3, -0.25) is 15.5 Å². The number of hydrogen-bond donors (Lipinski definition) is 2. The van der Waals surface area contributed by atoms with Crippen LogP contribution in [0, 0.1) is 29.4 Å². The number of nitrogens with one attached hydrogen (secondary N) is 1. The Labute approximate surface area is 120 Å². The molecule has 0 amide bonds. The molecule has 0 saturated heterocycles. The van der Waals surface area contributed by atoms with Crippen LogP contribution in [0.25, 0.3) is 0 Å². The maximum absolute atomic E-state index is 11.2. The minimum Gasteiger partial charge on any atom is -0.429 e. The molecule has 8 nitrogen and oxygen atoms in total. The smallest absolute Gasteiger partial charge is 0.312 e. The van der Waals surface area contributed by atoms with E-state index in [0.717, 1.165) is 5.56 Å². The average molecular weight is 287 g/mol. The summed E-state index contributed by atoms with van der Waals surface area (Å²) in [6.07, 6.45) is 2.72. The van der Waals surface area contributed by atoms with Crippen molar-refractivity contribution >= 4 is 11.5 Å². The number of amidine groups is 1. The molecule has 21 heavy (non-hydrogen) atoms. The van der Waals surface area contributed by atoms with Crippen molar-refractivity contribution in [3.8, 4) is 11.6 Å². The Morgan fingerprint density at radius 2 is 2.00 bits per heavy atom. The summed E-state index contributed by atoms with van der Waals surface area (Å²) < 4.78 is 5.51. The molecule has 0 aliphatic rings. The lowest BCUT2D eigenvalue weighted by molar-refractivity contribution is -0.385. The van der Waals surface area contributed by atoms with Crippen LogP contribution < -0.4 is 10.5 Å². The van der Waals surface area contributed by atoms with Crippen LogP contribution in [-0.2, 0) is 0 Å². The number of nitrogen functional groups attached to an aromatic ring is 1. The first-order valence-electron chi connectivity index (χ1n) is 5.99. The van der Waals surface area contributed by atoms with Gasteiger partial charge in [0, 0.05) is 18.5 Å². The van der Waals surface area contributed by atoms with Crippen molar-refractivity contribution in [2.45, 2.75) is 13.8 Å². The molecule has 108 valence electrons. The number of rotatable bonds is 4. The largest absolute Gasteiger partial charge is 0.429 e. The highest BCUT2D eigenvalue weighted by Gasteiger charge is 2.21. The van der Waals surface area contributed by atoms with Crippen molar-refractivity contribution in [3.05, 3.63) is 51.5 Å². The van der Waals surface area contributed by atoms with Crippen LogP contribution in [0.3, 0.4) is 0 Å². The second-order valence-corrected chi connectivity index (χ2v) is 4.41. The van der Waals surface area contributed by atoms with Crippen molar-refractivity contribution in [1.29, 1.82) is 5.41 Å². The Hall–Kier alpha value is -3.03. The lowest BCUT2D eigenvalue weighted by Gasteiger charge is -2.11. The van der Waals surface area contributed by atoms with Gasteiger partial charge in [0.15, 0.2) is 5.69 Å². The van der Waals surface area contributed by atoms with Gasteiger partial charge in [0.25, 0.3) is 0 Å². The third-order valence-electron chi connectivity index (χ3n) is 2.71. The zero-order chi connectivity index (χ0) is 15.6. The van der Waals surface area contributed by atoms with Crippen LogP contribution in [0.1, 0.15) is 16.8 Å². The molecule has 8 heteroatoms. The van der Waals surface area contributed by atoms with Gasteiger partial charge >= 0.3 is 5.69 Å². The molecule has 0 bridgehead atoms. The Morgan fingerprint density at radius 3 is 2.62 bits per heavy atom. The van der Waals surface area contributed by atoms with E-state index in [4.69, 9.17) is 15.9 Å². The number of nitro benzene ring substituents is 1. The van der Waals surface area contributed by atoms with E-state index in [1.807, 2.05) is 0 Å². The molecular formula is C13H13N5O3. The molecule has 0 fully saturated rings. The van der Waals surface area contributed by atoms with Gasteiger partial charge in [-0.15, -0.1) is 0 Å². The highest BCUT2D eigenvalue weighted by Crippen LogP contribution is 2.35. The quantitative estimate of drug-likeness (QED) is 0.383. The number of nitro groups is 1. The summed E-state index contributed by atoms with van der Waals surface area (Å²) in [7, 11) is 0. The second kappa shape index (κ2) is 5.53. The fraction of sp³-hybridized carbons (Fsp3) is 0.154. The topological polar surface area (TPSA) is 128 Å². The molecule has 1 aromatic heterocycles. The van der Waals surface area contributed by atoms with Crippen LogP contribution in [0.15, 0.2) is 24.5 Å². The second-order valence-electron chi connectivity index (χ2n) is 4.41. The van der Waals surface area contributed by atoms with Crippen molar-refractivity contribution in [2.75, 3.05) is 0 Å². The highest BCUT2D eigenvalue weighted by molar-refractivity contribution is 5.95. The van der Waals surface area contributed by atoms with Crippen molar-refractivity contribution in [1.82, 2.24) is 9.97 Å². The third kappa shape index (κ3) is 2.94. The number of nitrogens with zero attached hydrogens (tertiary/aromatic N) is 3. The number of aryl methyl sites for hydroxylation is 2. The fourth-order valence-electron chi connectivity index (χ4n) is 1.88. The molecule has 1 aromatic carbocycles. The first-order chi connectivity index (χ1) is 9.90. The summed E-state index contributed by atoms with van der Waals surface area (Å²) in [6, 6.07) is 3.16. The van der Waals surface area contributed by atoms with Gasteiger partial charge in [0.05, 0.1) is 4.92 Å². The van der Waals surface area contributed by atoms with Gasteiger partial charge < -0.3 is 10.5 Å². The summed E-state index contributed by atoms with van der Waals surface area (Å²) in [5.74, 6) is -0.306. The fourth-order valence-corrected chi connectivity index (χ4v) is 1.88. The van der Waals surface area contributed by atoms with Gasteiger partial charge in [-0.1, -0.05) is 6.07 Å². The standard InChI is InChI=1S/C13H13N5O3/c1-7-5-8(2)11(9(6-7)18(19)20)21-13-10(12(14)15)16-3-4-17-13/h3-6H,1-2H3,(H3,14,15). The van der Waals surface area contributed by atoms with Gasteiger partial charge in [-0.25, -0.2) is 9.97 Å². The van der Waals surface area contributed by atoms with Crippen LogP contribution in [0.2, 0.25) is 0 Å². The summed E-state index contributed by atoms with van der Waals surface area (Å²) in [6.45, 7) is 3.45. The van der Waals surface area contributed by atoms with E-state index in [1.165, 1.54) is 18.5 Å². The molecule has 1 heterocycles. The van der Waals surface area contributed by atoms with Crippen LogP contribution in [0.5, 0.6) is 11.6 Å². The monoisotopic (exact) mass is 287 g/mol. The Balaban J connectivity index is 2.55. The molecule has 2 rings (SSSR count). The predicted molar refractivity (Wildman–Crippen MR) is 75.7 cm³/mol. The summed E-state index contributed by atoms with van der Waals surface area (Å²) >= 11 is 0. The lowest BCUT2D eigenvalue weighted by atomic mass is 10.1. The van der Waals surface area contributed by atoms with Gasteiger partial charge in [0.1, 0.15) is 5.84 Å². The van der Waals surface area contributed by atoms with Crippen LogP contribution >= 0.6 is 0 Å². The molecule has 0 atom stereocenters. The maximum atomic E-state index is 11.2. The summed E-state index contributed by atoms with van der Waals surface area (Å²) in [4.78, 5) is 18.4. The maximum Gasteiger partial charge on any atom is 0.312 e. The zero-order valence-electron chi connectivity index (χ0n) is 11.5. The Bertz CT molecular complexity index is 730. The molecule has 0 aliphatic heterocycles. The molecule has 0 unspecified atom stereocenters. The lowest BCUT2D eigenvalue weighted by Crippen LogP contribution is -2.15. The normalized spacial score (nSPS) is 10.2. The van der Waals surface area contributed by atoms with Gasteiger partial charge in [-0.05, 0) is 25.0 Å². The van der Waals surface area contributed by atoms with Gasteiger partial charge in [-0.2, -0.15) is 0 Å². The predicted octanol–water partition coefficient (Wildman–Crippen LogP) is 2.08. The molecule has 0 spiro atoms. The first-order valence-corrected chi connectivity index (χ1v) is 5.99. The molecule has 2 aromatic rings. The van der Waals surface area contributed by atoms with Crippen LogP contribution in [-0.4, -0.2) is 20.7 Å². The number of aromatic nitrogens is 2. The Morgan fingerprint density at radius 1 is 1.33 bits per heavy atom. The zero-order valence-corrected chi connectivity index (χ0v) is 11.5. The SMILES string of the molecule is Cc1cc(C)c(Oc2nccnc2C(=N)N)c([N+](=O)[O-])c1. The third-order valence-corrected chi connectivity index (χ3v) is 2.71. The first kappa shape index (κ1) is 14.4. The molecule has 0 saturated carbocycles. The van der Waals surface area contributed by atoms with E-state index in [0.29, 0.717) is 5.56 Å². The summed E-state index contributed by atoms with van der Waals surface area (Å²) in [5, 5.41) is 18.6. The van der Waals surface area contributed by atoms with Gasteiger partial charge in [0.2, 0.25) is 11.6 Å². The van der Waals surface area contributed by atoms with Crippen molar-refractivity contribution < 1.29 is 9.66 Å². The van der Waals surface area contributed by atoms with E-state index in [9.17, 15) is 10.1 Å². The van der Waals surface area contributed by atoms with Crippen molar-refractivity contribution in [2.24, 2.45) is 5.73 Å². The van der Waals surface area contributed by atoms with E-state index in [1.54, 1.807) is 19.9 Å². The number of benzene rings is 1. The number of nitrogens with two attached hydrogens (primary N) is 1. The molecular weight excluding hydrogens is 274 g/mol. The average Bonchev–Trinajstić information content (AvgIpc) is 2.41. The molecule has 0 radical (unpaired) electrons. The van der Waals surface area contributed by atoms with E-state index < -0.39 is 4.92 Å². The van der Waals surface area contributed by atoms with Crippen molar-refractivity contribution in [3.63, 3.8) is 0 Å². The molecule has 3 N–H and O–H groups in total. The van der Waals surface area contributed by atoms with E-state index in [2.05, 4.69) is 9.97 Å². The number of hydrogen-bond acceptors (Lipinski definition) is 6. The highest BCUT2D eigenvalue weighted by atomic mass is 16.6. The Kier molecular flexibility index (Phi) is 3.79. The van der Waals surface area contributed by atoms with Crippen LogP contribution in [0.4, 0.5) is 5.69 Å². The van der Waals surface area contributed by atoms with E-state index in [-0.39, 0.29) is 28.8 Å². The minimum absolute atomic E-state index is 0.0340. The molecule has 0 aliphatic carbocycles. The van der Waals surface area contributed by atoms with E-state index >= 15 is 0 Å². The minimum atomic E-state index is -0.529.